The number of unbranched alkanes of at least 4 members (excludes halogenated alkanes) is 9. The van der Waals surface area contributed by atoms with E-state index in [4.69, 9.17) is 4.74 Å². The maximum Gasteiger partial charge on any atom is 0.123 e. The summed E-state index contributed by atoms with van der Waals surface area (Å²) in [7, 11) is 0. The van der Waals surface area contributed by atoms with Gasteiger partial charge in [0.2, 0.25) is 0 Å². The summed E-state index contributed by atoms with van der Waals surface area (Å²) in [6, 6.07) is 0. The highest BCUT2D eigenvalue weighted by molar-refractivity contribution is 5.49. The van der Waals surface area contributed by atoms with Gasteiger partial charge in [-0.05, 0) is 57.8 Å². The molecule has 0 saturated heterocycles. The molecule has 1 N–H and O–H groups in total. The Balaban J connectivity index is 3.72. The van der Waals surface area contributed by atoms with Gasteiger partial charge in [0.1, 0.15) is 12.5 Å². The molecule has 0 amide bonds. The van der Waals surface area contributed by atoms with Crippen LogP contribution in [-0.2, 0) is 9.53 Å². The molecule has 186 valence electrons. The van der Waals surface area contributed by atoms with Crippen molar-refractivity contribution in [1.29, 1.82) is 0 Å². The van der Waals surface area contributed by atoms with Gasteiger partial charge in [-0.3, -0.25) is 5.32 Å². The van der Waals surface area contributed by atoms with Gasteiger partial charge < -0.3 is 14.4 Å². The SMILES string of the molecule is CCCCN(CCCC)CCCNC(CC=O)OCCCCCCCCCCC(C)C. The van der Waals surface area contributed by atoms with Crippen molar-refractivity contribution < 1.29 is 9.53 Å². The smallest absolute Gasteiger partial charge is 0.123 e. The van der Waals surface area contributed by atoms with E-state index in [2.05, 4.69) is 37.9 Å². The Morgan fingerprint density at radius 3 is 1.87 bits per heavy atom. The first-order valence-electron chi connectivity index (χ1n) is 13.6. The highest BCUT2D eigenvalue weighted by atomic mass is 16.5. The van der Waals surface area contributed by atoms with Crippen LogP contribution in [0.3, 0.4) is 0 Å². The fourth-order valence-corrected chi connectivity index (χ4v) is 3.90. The highest BCUT2D eigenvalue weighted by Gasteiger charge is 2.08. The van der Waals surface area contributed by atoms with Crippen LogP contribution in [0, 0.1) is 5.92 Å². The van der Waals surface area contributed by atoms with Crippen molar-refractivity contribution in [3.63, 3.8) is 0 Å². The number of aldehydes is 1. The lowest BCUT2D eigenvalue weighted by Gasteiger charge is -2.23. The van der Waals surface area contributed by atoms with Gasteiger partial charge in [0, 0.05) is 13.0 Å². The zero-order valence-corrected chi connectivity index (χ0v) is 21.6. The third-order valence-corrected chi connectivity index (χ3v) is 5.98. The lowest BCUT2D eigenvalue weighted by molar-refractivity contribution is -0.111. The first-order valence-corrected chi connectivity index (χ1v) is 13.6. The summed E-state index contributed by atoms with van der Waals surface area (Å²) in [4.78, 5) is 13.6. The Morgan fingerprint density at radius 1 is 0.774 bits per heavy atom. The van der Waals surface area contributed by atoms with Crippen molar-refractivity contribution in [3.05, 3.63) is 0 Å². The molecule has 0 bridgehead atoms. The van der Waals surface area contributed by atoms with Gasteiger partial charge in [-0.25, -0.2) is 0 Å². The molecule has 0 heterocycles. The maximum absolute atomic E-state index is 11.0. The van der Waals surface area contributed by atoms with Crippen LogP contribution in [0.4, 0.5) is 0 Å². The minimum Gasteiger partial charge on any atom is -0.363 e. The Kier molecular flexibility index (Phi) is 23.8. The third kappa shape index (κ3) is 22.5. The van der Waals surface area contributed by atoms with Crippen LogP contribution in [-0.4, -0.2) is 50.2 Å². The number of hydrogen-bond donors (Lipinski definition) is 1. The van der Waals surface area contributed by atoms with Gasteiger partial charge in [0.25, 0.3) is 0 Å². The highest BCUT2D eigenvalue weighted by Crippen LogP contribution is 2.12. The van der Waals surface area contributed by atoms with Gasteiger partial charge in [-0.15, -0.1) is 0 Å². The molecule has 4 nitrogen and oxygen atoms in total. The number of carbonyl (C=O) groups excluding carboxylic acids is 1. The molecule has 0 aromatic carbocycles. The predicted molar refractivity (Wildman–Crippen MR) is 136 cm³/mol. The average molecular weight is 441 g/mol. The standard InChI is InChI=1S/C27H56N2O2/c1-5-7-21-29(22-8-6-2)23-17-20-28-27(19-24-30)31-25-16-14-12-10-9-11-13-15-18-26(3)4/h24,26-28H,5-23,25H2,1-4H3. The number of nitrogens with one attached hydrogen (secondary N) is 1. The normalized spacial score (nSPS) is 12.7. The second-order valence-corrected chi connectivity index (χ2v) is 9.63. The molecule has 4 heteroatoms. The Labute approximate surface area is 195 Å². The van der Waals surface area contributed by atoms with Crippen LogP contribution in [0.1, 0.15) is 124 Å². The number of nitrogens with zero attached hydrogens (tertiary/aromatic N) is 1. The van der Waals surface area contributed by atoms with Crippen LogP contribution in [0.15, 0.2) is 0 Å². The van der Waals surface area contributed by atoms with Gasteiger partial charge in [-0.2, -0.15) is 0 Å². The molecule has 1 atom stereocenters. The Morgan fingerprint density at radius 2 is 1.32 bits per heavy atom. The summed E-state index contributed by atoms with van der Waals surface area (Å²) >= 11 is 0. The van der Waals surface area contributed by atoms with Gasteiger partial charge in [0.05, 0.1) is 0 Å². The molecule has 0 aliphatic carbocycles. The molecule has 0 fully saturated rings. The van der Waals surface area contributed by atoms with Gasteiger partial charge in [0.15, 0.2) is 0 Å². The molecule has 0 spiro atoms. The van der Waals surface area contributed by atoms with E-state index in [1.54, 1.807) is 0 Å². The fraction of sp³-hybridized carbons (Fsp3) is 0.963. The average Bonchev–Trinajstić information content (AvgIpc) is 2.75. The topological polar surface area (TPSA) is 41.6 Å². The molecule has 1 unspecified atom stereocenters. The molecular formula is C27H56N2O2. The molecule has 0 aliphatic heterocycles. The summed E-state index contributed by atoms with van der Waals surface area (Å²) in [5.41, 5.74) is 0. The van der Waals surface area contributed by atoms with Crippen LogP contribution < -0.4 is 5.32 Å². The zero-order chi connectivity index (χ0) is 23.0. The van der Waals surface area contributed by atoms with E-state index >= 15 is 0 Å². The van der Waals surface area contributed by atoms with E-state index in [9.17, 15) is 4.79 Å². The lowest BCUT2D eigenvalue weighted by Crippen LogP contribution is -2.35. The van der Waals surface area contributed by atoms with E-state index in [0.717, 1.165) is 44.7 Å². The first-order chi connectivity index (χ1) is 15.1. The number of rotatable bonds is 25. The van der Waals surface area contributed by atoms with Crippen molar-refractivity contribution in [2.45, 2.75) is 130 Å². The fourth-order valence-electron chi connectivity index (χ4n) is 3.90. The number of ether oxygens (including phenoxy) is 1. The van der Waals surface area contributed by atoms with Crippen molar-refractivity contribution in [1.82, 2.24) is 10.2 Å². The van der Waals surface area contributed by atoms with E-state index in [-0.39, 0.29) is 6.23 Å². The molecule has 0 aromatic heterocycles. The van der Waals surface area contributed by atoms with Crippen LogP contribution in [0.5, 0.6) is 0 Å². The summed E-state index contributed by atoms with van der Waals surface area (Å²) in [5, 5.41) is 3.45. The predicted octanol–water partition coefficient (Wildman–Crippen LogP) is 6.97. The molecule has 0 aliphatic rings. The quantitative estimate of drug-likeness (QED) is 0.0945. The van der Waals surface area contributed by atoms with Gasteiger partial charge >= 0.3 is 0 Å². The minimum absolute atomic E-state index is 0.113. The van der Waals surface area contributed by atoms with Crippen molar-refractivity contribution >= 4 is 6.29 Å². The second-order valence-electron chi connectivity index (χ2n) is 9.63. The summed E-state index contributed by atoms with van der Waals surface area (Å²) < 4.78 is 5.95. The number of hydrogen-bond acceptors (Lipinski definition) is 4. The molecule has 0 saturated carbocycles. The summed E-state index contributed by atoms with van der Waals surface area (Å²) in [6.45, 7) is 14.4. The van der Waals surface area contributed by atoms with Gasteiger partial charge in [-0.1, -0.05) is 91.9 Å². The minimum atomic E-state index is -0.113. The van der Waals surface area contributed by atoms with Crippen molar-refractivity contribution in [2.24, 2.45) is 5.92 Å². The van der Waals surface area contributed by atoms with E-state index < -0.39 is 0 Å². The summed E-state index contributed by atoms with van der Waals surface area (Å²) in [5.74, 6) is 0.851. The zero-order valence-electron chi connectivity index (χ0n) is 21.6. The Bertz CT molecular complexity index is 355. The van der Waals surface area contributed by atoms with E-state index in [0.29, 0.717) is 6.42 Å². The lowest BCUT2D eigenvalue weighted by atomic mass is 10.0. The second kappa shape index (κ2) is 24.2. The van der Waals surface area contributed by atoms with Crippen molar-refractivity contribution in [2.75, 3.05) is 32.8 Å². The largest absolute Gasteiger partial charge is 0.363 e. The molecule has 31 heavy (non-hydrogen) atoms. The monoisotopic (exact) mass is 440 g/mol. The molecule has 0 aromatic rings. The number of carbonyl (C=O) groups is 1. The molecule has 0 radical (unpaired) electrons. The van der Waals surface area contributed by atoms with E-state index in [1.807, 2.05) is 0 Å². The van der Waals surface area contributed by atoms with E-state index in [1.165, 1.54) is 90.1 Å². The third-order valence-electron chi connectivity index (χ3n) is 5.98. The molecule has 0 rings (SSSR count). The molecular weight excluding hydrogens is 384 g/mol. The van der Waals surface area contributed by atoms with Crippen LogP contribution in [0.25, 0.3) is 0 Å². The van der Waals surface area contributed by atoms with Crippen LogP contribution in [0.2, 0.25) is 0 Å². The maximum atomic E-state index is 11.0. The first kappa shape index (κ1) is 30.6. The van der Waals surface area contributed by atoms with Crippen molar-refractivity contribution in [3.8, 4) is 0 Å². The Hall–Kier alpha value is -0.450. The van der Waals surface area contributed by atoms with Crippen LogP contribution >= 0.6 is 0 Å². The summed E-state index contributed by atoms with van der Waals surface area (Å²) in [6.07, 6.45) is 19.5.